The Morgan fingerprint density at radius 2 is 1.41 bits per heavy atom. The normalized spacial score (nSPS) is 18.1. The highest BCUT2D eigenvalue weighted by Gasteiger charge is 2.30. The van der Waals surface area contributed by atoms with Gasteiger partial charge in [-0.15, -0.1) is 0 Å². The molecule has 148 valence electrons. The van der Waals surface area contributed by atoms with Crippen LogP contribution in [-0.4, -0.2) is 20.1 Å². The van der Waals surface area contributed by atoms with E-state index in [9.17, 15) is 0 Å². The van der Waals surface area contributed by atoms with E-state index < -0.39 is 0 Å². The van der Waals surface area contributed by atoms with E-state index in [0.29, 0.717) is 0 Å². The van der Waals surface area contributed by atoms with Crippen LogP contribution < -0.4 is 14.8 Å². The molecule has 0 bridgehead atoms. The molecule has 4 heteroatoms. The third-order valence-electron chi connectivity index (χ3n) is 5.33. The van der Waals surface area contributed by atoms with E-state index in [4.69, 9.17) is 14.5 Å². The topological polar surface area (TPSA) is 42.8 Å². The third-order valence-corrected chi connectivity index (χ3v) is 5.33. The van der Waals surface area contributed by atoms with Gasteiger partial charge in [-0.25, -0.2) is 0 Å². The van der Waals surface area contributed by atoms with E-state index in [1.54, 1.807) is 14.2 Å². The Labute approximate surface area is 172 Å². The highest BCUT2D eigenvalue weighted by molar-refractivity contribution is 5.85. The van der Waals surface area contributed by atoms with Gasteiger partial charge in [0.2, 0.25) is 0 Å². The second-order valence-corrected chi connectivity index (χ2v) is 7.15. The first-order chi connectivity index (χ1) is 14.3. The number of ether oxygens (including phenoxy) is 2. The van der Waals surface area contributed by atoms with Gasteiger partial charge in [0.05, 0.1) is 26.1 Å². The number of rotatable bonds is 7. The standard InChI is InChI=1S/C25H26N2O2/c1-28-21-15-13-18(17-22(21)29-2)14-16-23-26-24(19-9-5-3-6-10-19)25(27-23)20-11-7-4-8-12-20/h3-13,15,17,24-25H,14,16H2,1-2H3,(H,26,27). The lowest BCUT2D eigenvalue weighted by Gasteiger charge is -2.19. The largest absolute Gasteiger partial charge is 0.493 e. The maximum absolute atomic E-state index is 5.43. The maximum atomic E-state index is 5.43. The fourth-order valence-corrected chi connectivity index (χ4v) is 3.82. The van der Waals surface area contributed by atoms with Crippen LogP contribution in [-0.2, 0) is 6.42 Å². The molecule has 4 rings (SSSR count). The Hall–Kier alpha value is -3.27. The fourth-order valence-electron chi connectivity index (χ4n) is 3.82. The summed E-state index contributed by atoms with van der Waals surface area (Å²) in [6, 6.07) is 27.4. The smallest absolute Gasteiger partial charge is 0.160 e. The lowest BCUT2D eigenvalue weighted by molar-refractivity contribution is 0.354. The molecule has 0 radical (unpaired) electrons. The molecule has 0 saturated carbocycles. The van der Waals surface area contributed by atoms with Crippen LogP contribution in [0, 0.1) is 0 Å². The molecule has 3 aromatic carbocycles. The van der Waals surface area contributed by atoms with Crippen LogP contribution in [0.5, 0.6) is 11.5 Å². The van der Waals surface area contributed by atoms with Crippen molar-refractivity contribution in [3.63, 3.8) is 0 Å². The van der Waals surface area contributed by atoms with Gasteiger partial charge in [-0.05, 0) is 35.2 Å². The number of aryl methyl sites for hydroxylation is 1. The van der Waals surface area contributed by atoms with Gasteiger partial charge in [-0.1, -0.05) is 66.7 Å². The zero-order chi connectivity index (χ0) is 20.1. The monoisotopic (exact) mass is 386 g/mol. The van der Waals surface area contributed by atoms with Crippen molar-refractivity contribution >= 4 is 5.84 Å². The van der Waals surface area contributed by atoms with Crippen LogP contribution in [0.2, 0.25) is 0 Å². The van der Waals surface area contributed by atoms with Gasteiger partial charge < -0.3 is 14.8 Å². The second-order valence-electron chi connectivity index (χ2n) is 7.15. The molecule has 0 fully saturated rings. The zero-order valence-corrected chi connectivity index (χ0v) is 16.8. The van der Waals surface area contributed by atoms with Crippen LogP contribution in [0.15, 0.2) is 83.9 Å². The molecule has 1 heterocycles. The number of hydrogen-bond acceptors (Lipinski definition) is 4. The van der Waals surface area contributed by atoms with Crippen LogP contribution in [0.3, 0.4) is 0 Å². The summed E-state index contributed by atoms with van der Waals surface area (Å²) >= 11 is 0. The number of amidine groups is 1. The number of nitrogens with one attached hydrogen (secondary N) is 1. The van der Waals surface area contributed by atoms with Crippen molar-refractivity contribution in [3.05, 3.63) is 95.6 Å². The average Bonchev–Trinajstić information content (AvgIpc) is 3.23. The Balaban J connectivity index is 1.53. The van der Waals surface area contributed by atoms with Crippen LogP contribution in [0.1, 0.15) is 35.2 Å². The van der Waals surface area contributed by atoms with E-state index in [0.717, 1.165) is 30.2 Å². The molecule has 0 saturated heterocycles. The van der Waals surface area contributed by atoms with Crippen molar-refractivity contribution < 1.29 is 9.47 Å². The van der Waals surface area contributed by atoms with E-state index in [1.165, 1.54) is 16.7 Å². The van der Waals surface area contributed by atoms with Gasteiger partial charge in [0.15, 0.2) is 11.5 Å². The Kier molecular flexibility index (Phi) is 5.80. The van der Waals surface area contributed by atoms with Crippen molar-refractivity contribution in [3.8, 4) is 11.5 Å². The number of methoxy groups -OCH3 is 2. The molecule has 1 aliphatic rings. The first-order valence-electron chi connectivity index (χ1n) is 9.92. The van der Waals surface area contributed by atoms with E-state index in [2.05, 4.69) is 66.0 Å². The summed E-state index contributed by atoms with van der Waals surface area (Å²) in [6.45, 7) is 0. The highest BCUT2D eigenvalue weighted by Crippen LogP contribution is 2.36. The van der Waals surface area contributed by atoms with Crippen molar-refractivity contribution in [1.29, 1.82) is 0 Å². The van der Waals surface area contributed by atoms with Gasteiger partial charge in [0.25, 0.3) is 0 Å². The molecular weight excluding hydrogens is 360 g/mol. The summed E-state index contributed by atoms with van der Waals surface area (Å²) in [5.74, 6) is 2.55. The first-order valence-corrected chi connectivity index (χ1v) is 9.92. The molecule has 4 nitrogen and oxygen atoms in total. The molecule has 29 heavy (non-hydrogen) atoms. The molecule has 0 spiro atoms. The maximum Gasteiger partial charge on any atom is 0.160 e. The van der Waals surface area contributed by atoms with E-state index in [1.807, 2.05) is 18.2 Å². The molecule has 1 aliphatic heterocycles. The lowest BCUT2D eigenvalue weighted by Crippen LogP contribution is -2.24. The minimum absolute atomic E-state index is 0.0824. The van der Waals surface area contributed by atoms with Crippen molar-refractivity contribution in [2.24, 2.45) is 4.99 Å². The number of nitrogens with zero attached hydrogens (tertiary/aromatic N) is 1. The SMILES string of the molecule is COc1ccc(CCC2=NC(c3ccccc3)C(c3ccccc3)N2)cc1OC. The number of aliphatic imine (C=N–C) groups is 1. The second kappa shape index (κ2) is 8.82. The van der Waals surface area contributed by atoms with Gasteiger partial charge in [-0.2, -0.15) is 0 Å². The van der Waals surface area contributed by atoms with Gasteiger partial charge >= 0.3 is 0 Å². The Morgan fingerprint density at radius 3 is 2.07 bits per heavy atom. The van der Waals surface area contributed by atoms with Crippen LogP contribution in [0.25, 0.3) is 0 Å². The van der Waals surface area contributed by atoms with E-state index >= 15 is 0 Å². The molecule has 3 aromatic rings. The van der Waals surface area contributed by atoms with Crippen molar-refractivity contribution in [2.45, 2.75) is 24.9 Å². The molecule has 1 N–H and O–H groups in total. The van der Waals surface area contributed by atoms with Gasteiger partial charge in [-0.3, -0.25) is 4.99 Å². The summed E-state index contributed by atoms with van der Waals surface area (Å²) in [7, 11) is 3.32. The molecule has 2 atom stereocenters. The zero-order valence-electron chi connectivity index (χ0n) is 16.8. The minimum Gasteiger partial charge on any atom is -0.493 e. The summed E-state index contributed by atoms with van der Waals surface area (Å²) in [5, 5.41) is 3.67. The van der Waals surface area contributed by atoms with Crippen molar-refractivity contribution in [2.75, 3.05) is 14.2 Å². The van der Waals surface area contributed by atoms with Crippen LogP contribution >= 0.6 is 0 Å². The average molecular weight is 386 g/mol. The van der Waals surface area contributed by atoms with Crippen molar-refractivity contribution in [1.82, 2.24) is 5.32 Å². The molecular formula is C25H26N2O2. The fraction of sp³-hybridized carbons (Fsp3) is 0.240. The van der Waals surface area contributed by atoms with Gasteiger partial charge in [0.1, 0.15) is 6.04 Å². The van der Waals surface area contributed by atoms with E-state index in [-0.39, 0.29) is 12.1 Å². The summed E-state index contributed by atoms with van der Waals surface area (Å²) < 4.78 is 10.8. The first kappa shape index (κ1) is 19.1. The Morgan fingerprint density at radius 1 is 0.759 bits per heavy atom. The third kappa shape index (κ3) is 4.27. The molecule has 0 amide bonds. The predicted octanol–water partition coefficient (Wildman–Crippen LogP) is 5.12. The Bertz CT molecular complexity index is 971. The summed E-state index contributed by atoms with van der Waals surface area (Å²) in [6.07, 6.45) is 1.73. The molecule has 0 aromatic heterocycles. The predicted molar refractivity (Wildman–Crippen MR) is 117 cm³/mol. The summed E-state index contributed by atoms with van der Waals surface area (Å²) in [4.78, 5) is 5.06. The number of benzene rings is 3. The van der Waals surface area contributed by atoms with Crippen LogP contribution in [0.4, 0.5) is 0 Å². The molecule has 2 unspecified atom stereocenters. The molecule has 0 aliphatic carbocycles. The quantitative estimate of drug-likeness (QED) is 0.613. The summed E-state index contributed by atoms with van der Waals surface area (Å²) in [5.41, 5.74) is 3.69. The lowest BCUT2D eigenvalue weighted by atomic mass is 9.95. The number of hydrogen-bond donors (Lipinski definition) is 1. The van der Waals surface area contributed by atoms with Gasteiger partial charge in [0, 0.05) is 6.42 Å². The minimum atomic E-state index is 0.0824. The highest BCUT2D eigenvalue weighted by atomic mass is 16.5.